The maximum absolute atomic E-state index is 12.9. The van der Waals surface area contributed by atoms with Crippen molar-refractivity contribution in [2.75, 3.05) is 31.1 Å². The predicted octanol–water partition coefficient (Wildman–Crippen LogP) is 2.49. The Balaban J connectivity index is 1.64. The second kappa shape index (κ2) is 8.08. The van der Waals surface area contributed by atoms with Gasteiger partial charge in [0.15, 0.2) is 0 Å². The van der Waals surface area contributed by atoms with E-state index in [1.54, 1.807) is 41.0 Å². The molecule has 0 saturated carbocycles. The molecule has 2 fully saturated rings. The lowest BCUT2D eigenvalue weighted by Gasteiger charge is -2.33. The number of carbonyl (C=O) groups is 3. The zero-order valence-corrected chi connectivity index (χ0v) is 15.6. The first-order chi connectivity index (χ1) is 12.5. The fraction of sp³-hybridized carbons (Fsp3) is 0.526. The van der Waals surface area contributed by atoms with Gasteiger partial charge in [0, 0.05) is 36.8 Å². The molecular formula is C19H23ClN2O4. The van der Waals surface area contributed by atoms with E-state index in [4.69, 9.17) is 16.3 Å². The van der Waals surface area contributed by atoms with Crippen LogP contribution in [0.15, 0.2) is 24.3 Å². The molecule has 2 unspecified atom stereocenters. The number of amides is 2. The van der Waals surface area contributed by atoms with Crippen LogP contribution in [0, 0.1) is 11.8 Å². The van der Waals surface area contributed by atoms with Crippen LogP contribution in [0.25, 0.3) is 0 Å². The number of esters is 1. The molecule has 26 heavy (non-hydrogen) atoms. The van der Waals surface area contributed by atoms with E-state index in [0.29, 0.717) is 31.3 Å². The number of hydrogen-bond acceptors (Lipinski definition) is 4. The number of ether oxygens (including phenoxy) is 1. The van der Waals surface area contributed by atoms with E-state index in [0.717, 1.165) is 18.5 Å². The third-order valence-corrected chi connectivity index (χ3v) is 5.22. The van der Waals surface area contributed by atoms with Gasteiger partial charge in [0.25, 0.3) is 0 Å². The third kappa shape index (κ3) is 4.01. The van der Waals surface area contributed by atoms with E-state index in [1.807, 2.05) is 0 Å². The summed E-state index contributed by atoms with van der Waals surface area (Å²) in [5.41, 5.74) is 0.748. The van der Waals surface area contributed by atoms with Crippen molar-refractivity contribution in [3.63, 3.8) is 0 Å². The van der Waals surface area contributed by atoms with E-state index in [1.165, 1.54) is 0 Å². The van der Waals surface area contributed by atoms with Crippen LogP contribution in [0.3, 0.4) is 0 Å². The standard InChI is InChI=1S/C19H23ClN2O4/c1-2-26-19(25)13-4-3-9-21(11-13)18(24)14-10-17(23)22(12-14)16-7-5-15(20)6-8-16/h5-8,13-14H,2-4,9-12H2,1H3. The number of halogens is 1. The van der Waals surface area contributed by atoms with Gasteiger partial charge in [-0.2, -0.15) is 0 Å². The van der Waals surface area contributed by atoms with Crippen molar-refractivity contribution < 1.29 is 19.1 Å². The number of hydrogen-bond donors (Lipinski definition) is 0. The Kier molecular flexibility index (Phi) is 5.81. The average molecular weight is 379 g/mol. The maximum atomic E-state index is 12.9. The van der Waals surface area contributed by atoms with Crippen molar-refractivity contribution >= 4 is 35.1 Å². The molecule has 140 valence electrons. The molecule has 0 spiro atoms. The lowest BCUT2D eigenvalue weighted by atomic mass is 9.96. The van der Waals surface area contributed by atoms with Crippen molar-refractivity contribution in [2.24, 2.45) is 11.8 Å². The first-order valence-corrected chi connectivity index (χ1v) is 9.38. The van der Waals surface area contributed by atoms with Gasteiger partial charge >= 0.3 is 5.97 Å². The Morgan fingerprint density at radius 1 is 1.19 bits per heavy atom. The molecule has 0 aromatic heterocycles. The first-order valence-electron chi connectivity index (χ1n) is 9.01. The van der Waals surface area contributed by atoms with Gasteiger partial charge in [0.2, 0.25) is 11.8 Å². The molecular weight excluding hydrogens is 356 g/mol. The Bertz CT molecular complexity index is 691. The van der Waals surface area contributed by atoms with Crippen molar-refractivity contribution in [3.05, 3.63) is 29.3 Å². The summed E-state index contributed by atoms with van der Waals surface area (Å²) in [5, 5.41) is 0.603. The summed E-state index contributed by atoms with van der Waals surface area (Å²) in [6, 6.07) is 7.03. The summed E-state index contributed by atoms with van der Waals surface area (Å²) in [6.07, 6.45) is 1.71. The van der Waals surface area contributed by atoms with Gasteiger partial charge in [-0.25, -0.2) is 0 Å². The van der Waals surface area contributed by atoms with Gasteiger partial charge in [-0.15, -0.1) is 0 Å². The van der Waals surface area contributed by atoms with Crippen LogP contribution in [0.5, 0.6) is 0 Å². The third-order valence-electron chi connectivity index (χ3n) is 4.97. The minimum atomic E-state index is -0.376. The number of rotatable bonds is 4. The molecule has 2 saturated heterocycles. The predicted molar refractivity (Wildman–Crippen MR) is 97.8 cm³/mol. The number of nitrogens with zero attached hydrogens (tertiary/aromatic N) is 2. The van der Waals surface area contributed by atoms with E-state index in [-0.39, 0.29) is 36.0 Å². The zero-order chi connectivity index (χ0) is 18.7. The Morgan fingerprint density at radius 2 is 1.92 bits per heavy atom. The summed E-state index contributed by atoms with van der Waals surface area (Å²) in [6.45, 7) is 3.49. The van der Waals surface area contributed by atoms with Crippen LogP contribution in [0.1, 0.15) is 26.2 Å². The Hall–Kier alpha value is -2.08. The molecule has 0 aliphatic carbocycles. The molecule has 2 aliphatic rings. The normalized spacial score (nSPS) is 23.2. The van der Waals surface area contributed by atoms with Gasteiger partial charge in [-0.1, -0.05) is 11.6 Å². The highest BCUT2D eigenvalue weighted by molar-refractivity contribution is 6.30. The molecule has 0 bridgehead atoms. The SMILES string of the molecule is CCOC(=O)C1CCCN(C(=O)C2CC(=O)N(c3ccc(Cl)cc3)C2)C1. The topological polar surface area (TPSA) is 66.9 Å². The lowest BCUT2D eigenvalue weighted by Crippen LogP contribution is -2.45. The highest BCUT2D eigenvalue weighted by Crippen LogP contribution is 2.29. The second-order valence-corrected chi connectivity index (χ2v) is 7.19. The van der Waals surface area contributed by atoms with Crippen LogP contribution in [0.4, 0.5) is 5.69 Å². The summed E-state index contributed by atoms with van der Waals surface area (Å²) in [4.78, 5) is 40.6. The molecule has 0 radical (unpaired) electrons. The largest absolute Gasteiger partial charge is 0.466 e. The van der Waals surface area contributed by atoms with Crippen LogP contribution in [0.2, 0.25) is 5.02 Å². The van der Waals surface area contributed by atoms with Gasteiger partial charge in [-0.05, 0) is 44.0 Å². The van der Waals surface area contributed by atoms with E-state index in [9.17, 15) is 14.4 Å². The van der Waals surface area contributed by atoms with Crippen LogP contribution < -0.4 is 4.90 Å². The van der Waals surface area contributed by atoms with Crippen LogP contribution in [-0.4, -0.2) is 48.9 Å². The van der Waals surface area contributed by atoms with Crippen LogP contribution >= 0.6 is 11.6 Å². The smallest absolute Gasteiger partial charge is 0.310 e. The second-order valence-electron chi connectivity index (χ2n) is 6.76. The highest BCUT2D eigenvalue weighted by Gasteiger charge is 2.39. The van der Waals surface area contributed by atoms with E-state index >= 15 is 0 Å². The molecule has 1 aromatic rings. The Morgan fingerprint density at radius 3 is 2.62 bits per heavy atom. The molecule has 0 N–H and O–H groups in total. The fourth-order valence-corrected chi connectivity index (χ4v) is 3.76. The monoisotopic (exact) mass is 378 g/mol. The number of piperidine rings is 1. The van der Waals surface area contributed by atoms with Crippen molar-refractivity contribution in [1.29, 1.82) is 0 Å². The van der Waals surface area contributed by atoms with Gasteiger partial charge in [0.1, 0.15) is 0 Å². The average Bonchev–Trinajstić information content (AvgIpc) is 3.04. The van der Waals surface area contributed by atoms with Gasteiger partial charge < -0.3 is 14.5 Å². The molecule has 7 heteroatoms. The zero-order valence-electron chi connectivity index (χ0n) is 14.8. The number of anilines is 1. The summed E-state index contributed by atoms with van der Waals surface area (Å²) in [7, 11) is 0. The lowest BCUT2D eigenvalue weighted by molar-refractivity contribution is -0.152. The summed E-state index contributed by atoms with van der Waals surface area (Å²) in [5.74, 6) is -1.00. The number of carbonyl (C=O) groups excluding carboxylic acids is 3. The fourth-order valence-electron chi connectivity index (χ4n) is 3.63. The molecule has 6 nitrogen and oxygen atoms in total. The first kappa shape index (κ1) is 18.7. The molecule has 1 aromatic carbocycles. The van der Waals surface area contributed by atoms with Crippen molar-refractivity contribution in [3.8, 4) is 0 Å². The molecule has 2 amide bonds. The number of benzene rings is 1. The summed E-state index contributed by atoms with van der Waals surface area (Å²) < 4.78 is 5.09. The van der Waals surface area contributed by atoms with Crippen LogP contribution in [-0.2, 0) is 19.1 Å². The van der Waals surface area contributed by atoms with E-state index in [2.05, 4.69) is 0 Å². The molecule has 2 aliphatic heterocycles. The molecule has 3 rings (SSSR count). The maximum Gasteiger partial charge on any atom is 0.310 e. The molecule has 2 heterocycles. The van der Waals surface area contributed by atoms with Crippen molar-refractivity contribution in [1.82, 2.24) is 4.90 Å². The number of likely N-dealkylation sites (tertiary alicyclic amines) is 1. The quantitative estimate of drug-likeness (QED) is 0.755. The minimum Gasteiger partial charge on any atom is -0.466 e. The van der Waals surface area contributed by atoms with Crippen molar-refractivity contribution in [2.45, 2.75) is 26.2 Å². The van der Waals surface area contributed by atoms with Gasteiger partial charge in [0.05, 0.1) is 18.4 Å². The minimum absolute atomic E-state index is 0.0520. The van der Waals surface area contributed by atoms with Gasteiger partial charge in [-0.3, -0.25) is 14.4 Å². The summed E-state index contributed by atoms with van der Waals surface area (Å²) >= 11 is 5.90. The van der Waals surface area contributed by atoms with E-state index < -0.39 is 0 Å². The highest BCUT2D eigenvalue weighted by atomic mass is 35.5. The molecule has 2 atom stereocenters. The Labute approximate surface area is 158 Å².